The molecular formula is C20H22N6O2. The van der Waals surface area contributed by atoms with Gasteiger partial charge < -0.3 is 10.6 Å². The Kier molecular flexibility index (Phi) is 4.54. The summed E-state index contributed by atoms with van der Waals surface area (Å²) in [5.41, 5.74) is 8.72. The molecule has 2 aromatic heterocycles. The molecule has 0 radical (unpaired) electrons. The molecule has 3 aromatic rings. The Bertz CT molecular complexity index is 1070. The van der Waals surface area contributed by atoms with Gasteiger partial charge in [0.25, 0.3) is 11.8 Å². The van der Waals surface area contributed by atoms with Crippen LogP contribution >= 0.6 is 0 Å². The molecule has 1 aliphatic heterocycles. The first-order valence-electron chi connectivity index (χ1n) is 9.30. The Hall–Kier alpha value is -3.29. The summed E-state index contributed by atoms with van der Waals surface area (Å²) in [4.78, 5) is 34.8. The van der Waals surface area contributed by atoms with E-state index < -0.39 is 5.91 Å². The first kappa shape index (κ1) is 18.1. The van der Waals surface area contributed by atoms with E-state index in [0.717, 1.165) is 34.9 Å². The fourth-order valence-corrected chi connectivity index (χ4v) is 3.78. The van der Waals surface area contributed by atoms with Crippen LogP contribution in [-0.2, 0) is 0 Å². The lowest BCUT2D eigenvalue weighted by atomic mass is 10.00. The summed E-state index contributed by atoms with van der Waals surface area (Å²) in [5, 5.41) is 5.16. The molecular weight excluding hydrogens is 356 g/mol. The van der Waals surface area contributed by atoms with Gasteiger partial charge in [0, 0.05) is 24.7 Å². The highest BCUT2D eigenvalue weighted by molar-refractivity contribution is 6.06. The number of nitrogens with zero attached hydrogens (tertiary/aromatic N) is 5. The number of carbonyl (C=O) groups excluding carboxylic acids is 2. The first-order valence-corrected chi connectivity index (χ1v) is 9.30. The average molecular weight is 378 g/mol. The maximum absolute atomic E-state index is 13.3. The molecule has 1 saturated heterocycles. The van der Waals surface area contributed by atoms with E-state index in [4.69, 9.17) is 5.73 Å². The van der Waals surface area contributed by atoms with Crippen LogP contribution in [-0.4, -0.2) is 49.6 Å². The number of amides is 2. The summed E-state index contributed by atoms with van der Waals surface area (Å²) in [7, 11) is 0. The van der Waals surface area contributed by atoms with E-state index in [1.54, 1.807) is 10.9 Å². The molecule has 2 amide bonds. The quantitative estimate of drug-likeness (QED) is 0.750. The summed E-state index contributed by atoms with van der Waals surface area (Å²) in [6.07, 6.45) is 4.95. The predicted molar refractivity (Wildman–Crippen MR) is 104 cm³/mol. The molecule has 1 fully saturated rings. The average Bonchev–Trinajstić information content (AvgIpc) is 3.18. The summed E-state index contributed by atoms with van der Waals surface area (Å²) in [5.74, 6) is -0.699. The van der Waals surface area contributed by atoms with Crippen molar-refractivity contribution < 1.29 is 9.59 Å². The summed E-state index contributed by atoms with van der Waals surface area (Å²) in [6, 6.07) is 5.88. The minimum Gasteiger partial charge on any atom is -0.363 e. The van der Waals surface area contributed by atoms with Gasteiger partial charge in [-0.15, -0.1) is 5.10 Å². The van der Waals surface area contributed by atoms with Gasteiger partial charge in [0.15, 0.2) is 0 Å². The van der Waals surface area contributed by atoms with Crippen LogP contribution in [0.15, 0.2) is 30.7 Å². The summed E-state index contributed by atoms with van der Waals surface area (Å²) in [6.45, 7) is 5.19. The number of piperidine rings is 1. The Morgan fingerprint density at radius 1 is 1.21 bits per heavy atom. The van der Waals surface area contributed by atoms with Crippen molar-refractivity contribution in [1.82, 2.24) is 24.6 Å². The number of primary amides is 1. The number of carbonyl (C=O) groups is 2. The number of aryl methyl sites for hydroxylation is 2. The number of hydrogen-bond acceptors (Lipinski definition) is 5. The zero-order valence-electron chi connectivity index (χ0n) is 15.9. The number of aromatic nitrogens is 4. The highest BCUT2D eigenvalue weighted by atomic mass is 16.2. The van der Waals surface area contributed by atoms with Crippen molar-refractivity contribution >= 4 is 22.7 Å². The van der Waals surface area contributed by atoms with E-state index in [-0.39, 0.29) is 17.8 Å². The number of rotatable bonds is 3. The Morgan fingerprint density at radius 3 is 2.79 bits per heavy atom. The van der Waals surface area contributed by atoms with Crippen molar-refractivity contribution in [2.45, 2.75) is 32.7 Å². The second kappa shape index (κ2) is 7.03. The molecule has 1 unspecified atom stereocenters. The van der Waals surface area contributed by atoms with Gasteiger partial charge >= 0.3 is 0 Å². The van der Waals surface area contributed by atoms with E-state index >= 15 is 0 Å². The SMILES string of the molecule is Cc1cc(C(=O)N2CCCC(n3cnc(C(N)=O)n3)C2)c2nccc(C)c2c1. The van der Waals surface area contributed by atoms with Crippen molar-refractivity contribution in [3.63, 3.8) is 0 Å². The number of nitrogens with two attached hydrogens (primary N) is 1. The van der Waals surface area contributed by atoms with Crippen LogP contribution in [0.2, 0.25) is 0 Å². The number of benzene rings is 1. The van der Waals surface area contributed by atoms with E-state index in [1.165, 1.54) is 6.33 Å². The molecule has 144 valence electrons. The third-order valence-electron chi connectivity index (χ3n) is 5.22. The second-order valence-electron chi connectivity index (χ2n) is 7.30. The van der Waals surface area contributed by atoms with Crippen LogP contribution in [0, 0.1) is 13.8 Å². The molecule has 1 aromatic carbocycles. The van der Waals surface area contributed by atoms with Gasteiger partial charge in [-0.1, -0.05) is 0 Å². The zero-order valence-corrected chi connectivity index (χ0v) is 15.9. The van der Waals surface area contributed by atoms with Crippen LogP contribution in [0.1, 0.15) is 51.0 Å². The molecule has 28 heavy (non-hydrogen) atoms. The largest absolute Gasteiger partial charge is 0.363 e. The highest BCUT2D eigenvalue weighted by Gasteiger charge is 2.28. The normalized spacial score (nSPS) is 17.1. The molecule has 0 bridgehead atoms. The molecule has 1 atom stereocenters. The van der Waals surface area contributed by atoms with E-state index in [1.807, 2.05) is 30.9 Å². The number of pyridine rings is 1. The van der Waals surface area contributed by atoms with Crippen molar-refractivity contribution in [2.24, 2.45) is 5.73 Å². The van der Waals surface area contributed by atoms with Gasteiger partial charge in [0.2, 0.25) is 5.82 Å². The Morgan fingerprint density at radius 2 is 2.04 bits per heavy atom. The van der Waals surface area contributed by atoms with Gasteiger partial charge in [-0.3, -0.25) is 14.6 Å². The third-order valence-corrected chi connectivity index (χ3v) is 5.22. The fourth-order valence-electron chi connectivity index (χ4n) is 3.78. The minimum absolute atomic E-state index is 0.00666. The van der Waals surface area contributed by atoms with Crippen molar-refractivity contribution in [3.05, 3.63) is 53.2 Å². The van der Waals surface area contributed by atoms with E-state index in [0.29, 0.717) is 18.7 Å². The Balaban J connectivity index is 1.64. The maximum Gasteiger partial charge on any atom is 0.288 e. The second-order valence-corrected chi connectivity index (χ2v) is 7.30. The van der Waals surface area contributed by atoms with Crippen LogP contribution in [0.3, 0.4) is 0 Å². The summed E-state index contributed by atoms with van der Waals surface area (Å²) < 4.78 is 1.64. The number of fused-ring (bicyclic) bond motifs is 1. The predicted octanol–water partition coefficient (Wildman–Crippen LogP) is 2.02. The van der Waals surface area contributed by atoms with Gasteiger partial charge in [0.05, 0.1) is 17.1 Å². The van der Waals surface area contributed by atoms with Gasteiger partial charge in [0.1, 0.15) is 6.33 Å². The standard InChI is InChI=1S/C20H22N6O2/c1-12-8-15-13(2)5-6-22-17(15)16(9-12)20(28)25-7-3-4-14(10-25)26-11-23-19(24-26)18(21)27/h5-6,8-9,11,14H,3-4,7,10H2,1-2H3,(H2,21,27). The van der Waals surface area contributed by atoms with Crippen LogP contribution < -0.4 is 5.73 Å². The molecule has 8 nitrogen and oxygen atoms in total. The molecule has 4 rings (SSSR count). The molecule has 0 saturated carbocycles. The first-order chi connectivity index (χ1) is 13.4. The number of likely N-dealkylation sites (tertiary alicyclic amines) is 1. The molecule has 3 heterocycles. The lowest BCUT2D eigenvalue weighted by molar-refractivity contribution is 0.0673. The highest BCUT2D eigenvalue weighted by Crippen LogP contribution is 2.26. The lowest BCUT2D eigenvalue weighted by Gasteiger charge is -2.33. The molecule has 0 spiro atoms. The zero-order chi connectivity index (χ0) is 19.8. The molecule has 8 heteroatoms. The van der Waals surface area contributed by atoms with Crippen molar-refractivity contribution in [2.75, 3.05) is 13.1 Å². The maximum atomic E-state index is 13.3. The Labute approximate surface area is 162 Å². The molecule has 1 aliphatic rings. The lowest BCUT2D eigenvalue weighted by Crippen LogP contribution is -2.41. The molecule has 0 aliphatic carbocycles. The third kappa shape index (κ3) is 3.21. The van der Waals surface area contributed by atoms with Crippen molar-refractivity contribution in [1.29, 1.82) is 0 Å². The monoisotopic (exact) mass is 378 g/mol. The van der Waals surface area contributed by atoms with Gasteiger partial charge in [-0.05, 0) is 56.0 Å². The van der Waals surface area contributed by atoms with Crippen LogP contribution in [0.5, 0.6) is 0 Å². The van der Waals surface area contributed by atoms with Crippen molar-refractivity contribution in [3.8, 4) is 0 Å². The van der Waals surface area contributed by atoms with Crippen LogP contribution in [0.25, 0.3) is 10.9 Å². The molecule has 2 N–H and O–H groups in total. The van der Waals surface area contributed by atoms with Crippen LogP contribution in [0.4, 0.5) is 0 Å². The minimum atomic E-state index is -0.657. The van der Waals surface area contributed by atoms with Gasteiger partial charge in [-0.2, -0.15) is 0 Å². The summed E-state index contributed by atoms with van der Waals surface area (Å²) >= 11 is 0. The smallest absolute Gasteiger partial charge is 0.288 e. The fraction of sp³-hybridized carbons (Fsp3) is 0.350. The van der Waals surface area contributed by atoms with E-state index in [2.05, 4.69) is 21.1 Å². The van der Waals surface area contributed by atoms with E-state index in [9.17, 15) is 9.59 Å². The van der Waals surface area contributed by atoms with Gasteiger partial charge in [-0.25, -0.2) is 9.67 Å². The number of hydrogen-bond donors (Lipinski definition) is 1. The topological polar surface area (TPSA) is 107 Å².